The first-order valence-electron chi connectivity index (χ1n) is 6.45. The van der Waals surface area contributed by atoms with Gasteiger partial charge in [-0.05, 0) is 24.0 Å². The van der Waals surface area contributed by atoms with Crippen LogP contribution < -0.4 is 5.73 Å². The molecule has 0 bridgehead atoms. The van der Waals surface area contributed by atoms with Gasteiger partial charge < -0.3 is 5.73 Å². The van der Waals surface area contributed by atoms with Gasteiger partial charge in [-0.25, -0.2) is 8.42 Å². The topological polar surface area (TPSA) is 92.1 Å². The van der Waals surface area contributed by atoms with Crippen LogP contribution in [-0.4, -0.2) is 29.5 Å². The summed E-state index contributed by atoms with van der Waals surface area (Å²) in [6.45, 7) is 0.866. The van der Waals surface area contributed by atoms with Gasteiger partial charge in [0.15, 0.2) is 0 Å². The van der Waals surface area contributed by atoms with Gasteiger partial charge in [-0.1, -0.05) is 24.3 Å². The van der Waals surface area contributed by atoms with Crippen molar-refractivity contribution in [2.24, 2.45) is 0 Å². The van der Waals surface area contributed by atoms with Crippen molar-refractivity contribution in [2.45, 2.75) is 24.3 Å². The first-order valence-corrected chi connectivity index (χ1v) is 7.89. The van der Waals surface area contributed by atoms with Crippen LogP contribution in [0.15, 0.2) is 35.4 Å². The van der Waals surface area contributed by atoms with Crippen LogP contribution in [0.5, 0.6) is 0 Å². The second-order valence-electron chi connectivity index (χ2n) is 4.86. The lowest BCUT2D eigenvalue weighted by Crippen LogP contribution is -2.31. The lowest BCUT2D eigenvalue weighted by Gasteiger charge is -2.19. The fourth-order valence-electron chi connectivity index (χ4n) is 2.51. The number of hydrogen-bond donors (Lipinski definition) is 2. The number of anilines is 1. The fourth-order valence-corrected chi connectivity index (χ4v) is 3.97. The quantitative estimate of drug-likeness (QED) is 0.868. The maximum atomic E-state index is 12.6. The molecule has 2 heterocycles. The Bertz CT molecular complexity index is 723. The summed E-state index contributed by atoms with van der Waals surface area (Å²) in [6, 6.07) is 7.94. The van der Waals surface area contributed by atoms with Crippen molar-refractivity contribution in [3.05, 3.63) is 41.6 Å². The molecule has 1 aromatic heterocycles. The van der Waals surface area contributed by atoms with Crippen LogP contribution in [0.1, 0.15) is 17.5 Å². The third kappa shape index (κ3) is 2.19. The van der Waals surface area contributed by atoms with Crippen LogP contribution in [0.25, 0.3) is 0 Å². The maximum Gasteiger partial charge on any atom is 0.248 e. The van der Waals surface area contributed by atoms with Crippen molar-refractivity contribution < 1.29 is 8.42 Å². The summed E-state index contributed by atoms with van der Waals surface area (Å²) in [5.41, 5.74) is 7.91. The Morgan fingerprint density at radius 1 is 1.25 bits per heavy atom. The van der Waals surface area contributed by atoms with Crippen molar-refractivity contribution in [3.63, 3.8) is 0 Å². The molecule has 1 aliphatic heterocycles. The van der Waals surface area contributed by atoms with E-state index in [1.165, 1.54) is 16.1 Å². The molecule has 0 amide bonds. The Labute approximate surface area is 117 Å². The molecule has 1 aliphatic rings. The number of aromatic amines is 1. The number of H-pyrrole nitrogens is 1. The van der Waals surface area contributed by atoms with Crippen LogP contribution in [0.2, 0.25) is 0 Å². The van der Waals surface area contributed by atoms with E-state index in [0.717, 1.165) is 18.4 Å². The molecule has 1 aromatic carbocycles. The zero-order valence-electron chi connectivity index (χ0n) is 10.9. The Morgan fingerprint density at radius 3 is 2.70 bits per heavy atom. The first kappa shape index (κ1) is 13.1. The fraction of sp³-hybridized carbons (Fsp3) is 0.308. The molecule has 20 heavy (non-hydrogen) atoms. The molecule has 0 atom stereocenters. The summed E-state index contributed by atoms with van der Waals surface area (Å²) in [4.78, 5) is 0.0527. The van der Waals surface area contributed by atoms with Gasteiger partial charge in [-0.3, -0.25) is 5.10 Å². The minimum absolute atomic E-state index is 0.0527. The number of aromatic nitrogens is 2. The molecular formula is C13H16N4O2S. The summed E-state index contributed by atoms with van der Waals surface area (Å²) in [5, 5.41) is 6.17. The maximum absolute atomic E-state index is 12.6. The first-order chi connectivity index (χ1) is 9.59. The van der Waals surface area contributed by atoms with Crippen molar-refractivity contribution in [1.29, 1.82) is 0 Å². The molecule has 0 fully saturated rings. The second-order valence-corrected chi connectivity index (χ2v) is 6.77. The van der Waals surface area contributed by atoms with Gasteiger partial charge in [0.05, 0.1) is 6.20 Å². The highest BCUT2D eigenvalue weighted by atomic mass is 32.2. The van der Waals surface area contributed by atoms with Gasteiger partial charge in [-0.2, -0.15) is 9.40 Å². The van der Waals surface area contributed by atoms with Crippen molar-refractivity contribution in [1.82, 2.24) is 14.5 Å². The van der Waals surface area contributed by atoms with E-state index in [0.29, 0.717) is 13.1 Å². The number of benzene rings is 1. The highest BCUT2D eigenvalue weighted by Gasteiger charge is 2.29. The van der Waals surface area contributed by atoms with E-state index >= 15 is 0 Å². The minimum atomic E-state index is -3.60. The van der Waals surface area contributed by atoms with Crippen LogP contribution >= 0.6 is 0 Å². The lowest BCUT2D eigenvalue weighted by atomic mass is 10.0. The molecule has 0 radical (unpaired) electrons. The predicted octanol–water partition coefficient (Wildman–Crippen LogP) is 1.13. The highest BCUT2D eigenvalue weighted by Crippen LogP contribution is 2.26. The molecule has 3 rings (SSSR count). The Balaban J connectivity index is 1.98. The summed E-state index contributed by atoms with van der Waals surface area (Å²) < 4.78 is 26.7. The summed E-state index contributed by atoms with van der Waals surface area (Å²) >= 11 is 0. The smallest absolute Gasteiger partial charge is 0.248 e. The summed E-state index contributed by atoms with van der Waals surface area (Å²) in [7, 11) is -3.60. The van der Waals surface area contributed by atoms with E-state index < -0.39 is 10.0 Å². The van der Waals surface area contributed by atoms with Gasteiger partial charge in [0.1, 0.15) is 10.7 Å². The SMILES string of the molecule is Nc1[nH]ncc1S(=O)(=O)N1CCCc2ccccc2C1. The minimum Gasteiger partial charge on any atom is -0.383 e. The molecule has 2 aromatic rings. The van der Waals surface area contributed by atoms with Gasteiger partial charge in [0.25, 0.3) is 0 Å². The van der Waals surface area contributed by atoms with Gasteiger partial charge >= 0.3 is 0 Å². The molecular weight excluding hydrogens is 276 g/mol. The normalized spacial score (nSPS) is 16.6. The average molecular weight is 292 g/mol. The van der Waals surface area contributed by atoms with Crippen LogP contribution in [0, 0.1) is 0 Å². The molecule has 106 valence electrons. The molecule has 7 heteroatoms. The van der Waals surface area contributed by atoms with Crippen molar-refractivity contribution >= 4 is 15.8 Å². The van der Waals surface area contributed by atoms with E-state index in [1.807, 2.05) is 18.2 Å². The van der Waals surface area contributed by atoms with Crippen molar-refractivity contribution in [3.8, 4) is 0 Å². The van der Waals surface area contributed by atoms with Crippen LogP contribution in [-0.2, 0) is 23.0 Å². The molecule has 0 saturated carbocycles. The van der Waals surface area contributed by atoms with Gasteiger partial charge in [0, 0.05) is 13.1 Å². The molecule has 6 nitrogen and oxygen atoms in total. The Morgan fingerprint density at radius 2 is 2.00 bits per heavy atom. The summed E-state index contributed by atoms with van der Waals surface area (Å²) in [6.07, 6.45) is 2.96. The monoisotopic (exact) mass is 292 g/mol. The Kier molecular flexibility index (Phi) is 3.23. The third-order valence-electron chi connectivity index (χ3n) is 3.57. The summed E-state index contributed by atoms with van der Waals surface area (Å²) in [5.74, 6) is 0.0857. The standard InChI is InChI=1S/C13H16N4O2S/c14-13-12(8-15-16-13)20(18,19)17-7-3-6-10-4-1-2-5-11(10)9-17/h1-2,4-5,8H,3,6-7,9H2,(H3,14,15,16). The zero-order valence-corrected chi connectivity index (χ0v) is 11.7. The number of fused-ring (bicyclic) bond motifs is 1. The van der Waals surface area contributed by atoms with Gasteiger partial charge in [0.2, 0.25) is 10.0 Å². The number of sulfonamides is 1. The van der Waals surface area contributed by atoms with E-state index in [-0.39, 0.29) is 10.7 Å². The third-order valence-corrected chi connectivity index (χ3v) is 5.44. The highest BCUT2D eigenvalue weighted by molar-refractivity contribution is 7.89. The average Bonchev–Trinajstić information content (AvgIpc) is 2.74. The van der Waals surface area contributed by atoms with E-state index in [2.05, 4.69) is 16.3 Å². The molecule has 3 N–H and O–H groups in total. The molecule has 0 unspecified atom stereocenters. The van der Waals surface area contributed by atoms with Crippen molar-refractivity contribution in [2.75, 3.05) is 12.3 Å². The second kappa shape index (κ2) is 4.92. The zero-order chi connectivity index (χ0) is 14.2. The number of nitrogens with zero attached hydrogens (tertiary/aromatic N) is 2. The number of nitrogen functional groups attached to an aromatic ring is 1. The number of hydrogen-bond acceptors (Lipinski definition) is 4. The number of rotatable bonds is 2. The largest absolute Gasteiger partial charge is 0.383 e. The van der Waals surface area contributed by atoms with E-state index in [9.17, 15) is 8.42 Å². The van der Waals surface area contributed by atoms with Crippen LogP contribution in [0.3, 0.4) is 0 Å². The lowest BCUT2D eigenvalue weighted by molar-refractivity contribution is 0.410. The molecule has 0 spiro atoms. The Hall–Kier alpha value is -1.86. The number of nitrogens with one attached hydrogen (secondary N) is 1. The van der Waals surface area contributed by atoms with E-state index in [1.54, 1.807) is 0 Å². The molecule has 0 aliphatic carbocycles. The number of aryl methyl sites for hydroxylation is 1. The number of nitrogens with two attached hydrogens (primary N) is 1. The van der Waals surface area contributed by atoms with Gasteiger partial charge in [-0.15, -0.1) is 0 Å². The van der Waals surface area contributed by atoms with Crippen LogP contribution in [0.4, 0.5) is 5.82 Å². The predicted molar refractivity (Wildman–Crippen MR) is 75.4 cm³/mol. The van der Waals surface area contributed by atoms with E-state index in [4.69, 9.17) is 5.73 Å². The molecule has 0 saturated heterocycles.